The molecule has 1 unspecified atom stereocenters. The Hall–Kier alpha value is -3.09. The van der Waals surface area contributed by atoms with Crippen molar-refractivity contribution < 1.29 is 23.5 Å². The standard InChI is InChI=1S/C21H21N3O5S/c22-8-17-16-3-1-14(10-29-21(26)23-15-11-28-12-15)7-18(16)30-20(17)24-19(25)4-2-13-5-6-27-9-13/h2,4-6,9,14-15H,1,3,7,10-12H2,(H,23,26)(H,24,25). The predicted octanol–water partition coefficient (Wildman–Crippen LogP) is 3.09. The van der Waals surface area contributed by atoms with Gasteiger partial charge >= 0.3 is 6.09 Å². The fourth-order valence-corrected chi connectivity index (χ4v) is 4.73. The van der Waals surface area contributed by atoms with E-state index < -0.39 is 6.09 Å². The number of ether oxygens (including phenoxy) is 2. The number of nitriles is 1. The van der Waals surface area contributed by atoms with Crippen molar-refractivity contribution in [1.82, 2.24) is 5.32 Å². The smallest absolute Gasteiger partial charge is 0.407 e. The first-order valence-electron chi connectivity index (χ1n) is 9.69. The van der Waals surface area contributed by atoms with Gasteiger partial charge in [0.2, 0.25) is 5.91 Å². The van der Waals surface area contributed by atoms with Gasteiger partial charge in [0.25, 0.3) is 0 Å². The van der Waals surface area contributed by atoms with E-state index in [1.807, 2.05) is 0 Å². The Balaban J connectivity index is 1.35. The summed E-state index contributed by atoms with van der Waals surface area (Å²) in [4.78, 5) is 25.1. The van der Waals surface area contributed by atoms with Gasteiger partial charge in [-0.2, -0.15) is 5.26 Å². The summed E-state index contributed by atoms with van der Waals surface area (Å²) >= 11 is 1.42. The molecule has 8 nitrogen and oxygen atoms in total. The van der Waals surface area contributed by atoms with Gasteiger partial charge in [0.15, 0.2) is 0 Å². The van der Waals surface area contributed by atoms with Crippen LogP contribution in [0.15, 0.2) is 29.1 Å². The molecule has 0 radical (unpaired) electrons. The second-order valence-electron chi connectivity index (χ2n) is 7.28. The summed E-state index contributed by atoms with van der Waals surface area (Å²) in [6.45, 7) is 1.38. The molecular formula is C21H21N3O5S. The van der Waals surface area contributed by atoms with E-state index in [9.17, 15) is 14.9 Å². The average Bonchev–Trinajstić information content (AvgIpc) is 3.34. The molecule has 3 heterocycles. The number of carbonyl (C=O) groups is 2. The molecular weight excluding hydrogens is 406 g/mol. The zero-order valence-electron chi connectivity index (χ0n) is 16.2. The second kappa shape index (κ2) is 9.15. The van der Waals surface area contributed by atoms with Crippen LogP contribution in [0.3, 0.4) is 0 Å². The van der Waals surface area contributed by atoms with Crippen LogP contribution in [0.1, 0.15) is 28.0 Å². The van der Waals surface area contributed by atoms with E-state index in [2.05, 4.69) is 16.7 Å². The van der Waals surface area contributed by atoms with Gasteiger partial charge in [-0.3, -0.25) is 4.79 Å². The summed E-state index contributed by atoms with van der Waals surface area (Å²) in [5, 5.41) is 15.7. The third-order valence-electron chi connectivity index (χ3n) is 5.10. The van der Waals surface area contributed by atoms with Crippen LogP contribution in [-0.4, -0.2) is 37.9 Å². The Labute approximate surface area is 177 Å². The first kappa shape index (κ1) is 20.2. The molecule has 2 aliphatic rings. The largest absolute Gasteiger partial charge is 0.472 e. The third-order valence-corrected chi connectivity index (χ3v) is 6.27. The zero-order valence-corrected chi connectivity index (χ0v) is 17.0. The number of fused-ring (bicyclic) bond motifs is 1. The molecule has 1 fully saturated rings. The summed E-state index contributed by atoms with van der Waals surface area (Å²) in [7, 11) is 0. The Morgan fingerprint density at radius 2 is 2.27 bits per heavy atom. The molecule has 1 atom stereocenters. The lowest BCUT2D eigenvalue weighted by atomic mass is 9.88. The molecule has 0 bridgehead atoms. The molecule has 1 aliphatic heterocycles. The molecule has 156 valence electrons. The van der Waals surface area contributed by atoms with Crippen molar-refractivity contribution >= 4 is 34.4 Å². The number of amides is 2. The van der Waals surface area contributed by atoms with Gasteiger partial charge in [-0.25, -0.2) is 4.79 Å². The summed E-state index contributed by atoms with van der Waals surface area (Å²) in [6, 6.07) is 4.02. The van der Waals surface area contributed by atoms with Gasteiger partial charge < -0.3 is 24.5 Å². The minimum Gasteiger partial charge on any atom is -0.472 e. The molecule has 0 spiro atoms. The van der Waals surface area contributed by atoms with Gasteiger partial charge in [0.05, 0.1) is 44.0 Å². The molecule has 0 saturated carbocycles. The molecule has 30 heavy (non-hydrogen) atoms. The number of furan rings is 1. The summed E-state index contributed by atoms with van der Waals surface area (Å²) in [5.41, 5.74) is 2.30. The molecule has 1 aliphatic carbocycles. The van der Waals surface area contributed by atoms with Crippen LogP contribution in [-0.2, 0) is 27.1 Å². The van der Waals surface area contributed by atoms with Gasteiger partial charge in [0.1, 0.15) is 11.1 Å². The Morgan fingerprint density at radius 3 is 2.97 bits per heavy atom. The lowest BCUT2D eigenvalue weighted by Crippen LogP contribution is -2.49. The van der Waals surface area contributed by atoms with Crippen LogP contribution in [0.2, 0.25) is 0 Å². The third kappa shape index (κ3) is 4.72. The summed E-state index contributed by atoms with van der Waals surface area (Å²) in [6.07, 6.45) is 7.97. The SMILES string of the molecule is N#Cc1c(NC(=O)C=Cc2ccoc2)sc2c1CCC(COC(=O)NC1COC1)C2. The highest BCUT2D eigenvalue weighted by atomic mass is 32.1. The van der Waals surface area contributed by atoms with E-state index in [0.717, 1.165) is 35.3 Å². The van der Waals surface area contributed by atoms with E-state index in [-0.39, 0.29) is 17.9 Å². The maximum atomic E-state index is 12.2. The Bertz CT molecular complexity index is 985. The van der Waals surface area contributed by atoms with E-state index in [1.165, 1.54) is 29.9 Å². The number of thiophene rings is 1. The van der Waals surface area contributed by atoms with E-state index >= 15 is 0 Å². The number of alkyl carbamates (subject to hydrolysis) is 1. The first-order valence-corrected chi connectivity index (χ1v) is 10.5. The van der Waals surface area contributed by atoms with Crippen molar-refractivity contribution in [1.29, 1.82) is 5.26 Å². The quantitative estimate of drug-likeness (QED) is 0.685. The minimum absolute atomic E-state index is 0.0414. The molecule has 2 aromatic heterocycles. The molecule has 0 aromatic carbocycles. The first-order chi connectivity index (χ1) is 14.6. The molecule has 2 amide bonds. The highest BCUT2D eigenvalue weighted by molar-refractivity contribution is 7.16. The van der Waals surface area contributed by atoms with Crippen LogP contribution < -0.4 is 10.6 Å². The monoisotopic (exact) mass is 427 g/mol. The number of rotatable bonds is 6. The number of nitrogens with one attached hydrogen (secondary N) is 2. The number of anilines is 1. The fourth-order valence-electron chi connectivity index (χ4n) is 3.42. The maximum absolute atomic E-state index is 12.2. The van der Waals surface area contributed by atoms with E-state index in [1.54, 1.807) is 12.1 Å². The Morgan fingerprint density at radius 1 is 1.40 bits per heavy atom. The maximum Gasteiger partial charge on any atom is 0.407 e. The highest BCUT2D eigenvalue weighted by Gasteiger charge is 2.28. The summed E-state index contributed by atoms with van der Waals surface area (Å²) < 4.78 is 15.3. The average molecular weight is 427 g/mol. The van der Waals surface area contributed by atoms with Crippen molar-refractivity contribution in [2.75, 3.05) is 25.1 Å². The van der Waals surface area contributed by atoms with Crippen LogP contribution in [0, 0.1) is 17.2 Å². The van der Waals surface area contributed by atoms with Crippen LogP contribution in [0.4, 0.5) is 9.80 Å². The van der Waals surface area contributed by atoms with Crippen molar-refractivity contribution in [3.05, 3.63) is 46.2 Å². The van der Waals surface area contributed by atoms with Crippen molar-refractivity contribution in [2.24, 2.45) is 5.92 Å². The zero-order chi connectivity index (χ0) is 20.9. The van der Waals surface area contributed by atoms with Gasteiger partial charge in [-0.1, -0.05) is 0 Å². The normalized spacial score (nSPS) is 18.3. The number of hydrogen-bond donors (Lipinski definition) is 2. The van der Waals surface area contributed by atoms with Crippen molar-refractivity contribution in [3.8, 4) is 6.07 Å². The molecule has 9 heteroatoms. The van der Waals surface area contributed by atoms with Crippen LogP contribution in [0.25, 0.3) is 6.08 Å². The second-order valence-corrected chi connectivity index (χ2v) is 8.39. The molecule has 1 saturated heterocycles. The van der Waals surface area contributed by atoms with Crippen LogP contribution >= 0.6 is 11.3 Å². The fraction of sp³-hybridized carbons (Fsp3) is 0.381. The van der Waals surface area contributed by atoms with Crippen molar-refractivity contribution in [3.63, 3.8) is 0 Å². The van der Waals surface area contributed by atoms with Gasteiger partial charge in [0, 0.05) is 16.5 Å². The summed E-state index contributed by atoms with van der Waals surface area (Å²) in [5.74, 6) is -0.113. The number of hydrogen-bond acceptors (Lipinski definition) is 7. The number of carbonyl (C=O) groups excluding carboxylic acids is 2. The molecule has 4 rings (SSSR count). The predicted molar refractivity (Wildman–Crippen MR) is 110 cm³/mol. The Kier molecular flexibility index (Phi) is 6.16. The molecule has 2 N–H and O–H groups in total. The van der Waals surface area contributed by atoms with Crippen LogP contribution in [0.5, 0.6) is 0 Å². The number of nitrogens with zero attached hydrogens (tertiary/aromatic N) is 1. The highest BCUT2D eigenvalue weighted by Crippen LogP contribution is 2.39. The van der Waals surface area contributed by atoms with E-state index in [0.29, 0.717) is 30.4 Å². The van der Waals surface area contributed by atoms with Gasteiger partial charge in [-0.05, 0) is 42.9 Å². The van der Waals surface area contributed by atoms with E-state index in [4.69, 9.17) is 13.9 Å². The topological polar surface area (TPSA) is 114 Å². The molecule has 2 aromatic rings. The van der Waals surface area contributed by atoms with Crippen molar-refractivity contribution in [2.45, 2.75) is 25.3 Å². The lowest BCUT2D eigenvalue weighted by Gasteiger charge is -2.27. The minimum atomic E-state index is -0.421. The van der Waals surface area contributed by atoms with Gasteiger partial charge in [-0.15, -0.1) is 11.3 Å². The lowest BCUT2D eigenvalue weighted by molar-refractivity contribution is -0.111.